The van der Waals surface area contributed by atoms with Gasteiger partial charge in [-0.2, -0.15) is 4.39 Å². The first-order valence-corrected chi connectivity index (χ1v) is 4.03. The van der Waals surface area contributed by atoms with Crippen LogP contribution in [0.25, 0.3) is 0 Å². The van der Waals surface area contributed by atoms with Crippen molar-refractivity contribution in [2.45, 2.75) is 12.3 Å². The Hall–Kier alpha value is -1.45. The monoisotopic (exact) mass is 181 g/mol. The lowest BCUT2D eigenvalue weighted by Gasteiger charge is -1.97. The number of hydrogen-bond acceptors (Lipinski definition) is 2. The minimum atomic E-state index is -0.853. The van der Waals surface area contributed by atoms with Crippen LogP contribution in [0.15, 0.2) is 18.3 Å². The Morgan fingerprint density at radius 2 is 2.46 bits per heavy atom. The molecule has 0 amide bonds. The number of carboxylic acids is 1. The SMILES string of the molecule is O=C(O)[C@@H]1C[C@H]1c1cccnc1F. The fourth-order valence-corrected chi connectivity index (χ4v) is 1.49. The molecule has 0 radical (unpaired) electrons. The minimum absolute atomic E-state index is 0.175. The Bertz CT molecular complexity index is 353. The molecule has 0 bridgehead atoms. The summed E-state index contributed by atoms with van der Waals surface area (Å²) in [5.41, 5.74) is 0.426. The second-order valence-corrected chi connectivity index (χ2v) is 3.17. The first-order chi connectivity index (χ1) is 6.20. The number of carbonyl (C=O) groups is 1. The summed E-state index contributed by atoms with van der Waals surface area (Å²) in [6.07, 6.45) is 1.88. The predicted molar refractivity (Wildman–Crippen MR) is 42.7 cm³/mol. The molecule has 13 heavy (non-hydrogen) atoms. The maximum Gasteiger partial charge on any atom is 0.307 e. The van der Waals surface area contributed by atoms with E-state index >= 15 is 0 Å². The average molecular weight is 181 g/mol. The average Bonchev–Trinajstić information content (AvgIpc) is 2.84. The highest BCUT2D eigenvalue weighted by molar-refractivity contribution is 5.75. The summed E-state index contributed by atoms with van der Waals surface area (Å²) in [6.45, 7) is 0. The fraction of sp³-hybridized carbons (Fsp3) is 0.333. The van der Waals surface area contributed by atoms with Crippen LogP contribution >= 0.6 is 0 Å². The summed E-state index contributed by atoms with van der Waals surface area (Å²) in [5.74, 6) is -1.99. The van der Waals surface area contributed by atoms with Crippen LogP contribution < -0.4 is 0 Å². The molecule has 2 atom stereocenters. The molecule has 1 saturated carbocycles. The maximum atomic E-state index is 13.0. The number of hydrogen-bond donors (Lipinski definition) is 1. The number of aromatic nitrogens is 1. The highest BCUT2D eigenvalue weighted by Crippen LogP contribution is 2.47. The van der Waals surface area contributed by atoms with Gasteiger partial charge in [-0.25, -0.2) is 4.98 Å². The van der Waals surface area contributed by atoms with Gasteiger partial charge in [0.05, 0.1) is 5.92 Å². The smallest absolute Gasteiger partial charge is 0.307 e. The zero-order valence-corrected chi connectivity index (χ0v) is 6.77. The molecular weight excluding hydrogens is 173 g/mol. The van der Waals surface area contributed by atoms with Crippen LogP contribution in [-0.2, 0) is 4.79 Å². The summed E-state index contributed by atoms with van der Waals surface area (Å²) < 4.78 is 13.0. The van der Waals surface area contributed by atoms with Crippen molar-refractivity contribution in [3.8, 4) is 0 Å². The van der Waals surface area contributed by atoms with Crippen LogP contribution in [0, 0.1) is 11.9 Å². The van der Waals surface area contributed by atoms with Crippen molar-refractivity contribution < 1.29 is 14.3 Å². The summed E-state index contributed by atoms with van der Waals surface area (Å²) in [7, 11) is 0. The van der Waals surface area contributed by atoms with Crippen molar-refractivity contribution in [2.75, 3.05) is 0 Å². The second-order valence-electron chi connectivity index (χ2n) is 3.17. The molecule has 1 aliphatic carbocycles. The summed E-state index contributed by atoms with van der Waals surface area (Å²) in [5, 5.41) is 8.63. The van der Waals surface area contributed by atoms with E-state index in [2.05, 4.69) is 4.98 Å². The number of aliphatic carboxylic acids is 1. The molecule has 0 spiro atoms. The molecule has 1 aromatic heterocycles. The topological polar surface area (TPSA) is 50.2 Å². The van der Waals surface area contributed by atoms with E-state index in [9.17, 15) is 9.18 Å². The Morgan fingerprint density at radius 3 is 3.00 bits per heavy atom. The van der Waals surface area contributed by atoms with Crippen molar-refractivity contribution in [3.05, 3.63) is 29.8 Å². The van der Waals surface area contributed by atoms with Crippen molar-refractivity contribution >= 4 is 5.97 Å². The number of nitrogens with zero attached hydrogens (tertiary/aromatic N) is 1. The van der Waals surface area contributed by atoms with Crippen LogP contribution in [-0.4, -0.2) is 16.1 Å². The summed E-state index contributed by atoms with van der Waals surface area (Å²) in [4.78, 5) is 14.0. The van der Waals surface area contributed by atoms with E-state index in [1.54, 1.807) is 12.1 Å². The molecule has 0 aromatic carbocycles. The fourth-order valence-electron chi connectivity index (χ4n) is 1.49. The molecular formula is C9H8FNO2. The molecule has 2 rings (SSSR count). The third kappa shape index (κ3) is 1.39. The van der Waals surface area contributed by atoms with Gasteiger partial charge < -0.3 is 5.11 Å². The van der Waals surface area contributed by atoms with Gasteiger partial charge in [0.25, 0.3) is 0 Å². The molecule has 4 heteroatoms. The molecule has 0 aliphatic heterocycles. The quantitative estimate of drug-likeness (QED) is 0.702. The number of carboxylic acid groups (broad SMARTS) is 1. The number of pyridine rings is 1. The van der Waals surface area contributed by atoms with Crippen molar-refractivity contribution in [1.82, 2.24) is 4.98 Å². The van der Waals surface area contributed by atoms with Crippen LogP contribution in [0.2, 0.25) is 0 Å². The van der Waals surface area contributed by atoms with Gasteiger partial charge in [0.2, 0.25) is 5.95 Å². The van der Waals surface area contributed by atoms with Crippen LogP contribution in [0.3, 0.4) is 0 Å². The van der Waals surface area contributed by atoms with Gasteiger partial charge in [-0.15, -0.1) is 0 Å². The van der Waals surface area contributed by atoms with E-state index in [-0.39, 0.29) is 5.92 Å². The lowest BCUT2D eigenvalue weighted by Crippen LogP contribution is -2.00. The molecule has 0 unspecified atom stereocenters. The molecule has 1 fully saturated rings. The lowest BCUT2D eigenvalue weighted by molar-refractivity contribution is -0.138. The Kier molecular flexibility index (Phi) is 1.76. The van der Waals surface area contributed by atoms with Crippen molar-refractivity contribution in [3.63, 3.8) is 0 Å². The molecule has 1 aliphatic rings. The highest BCUT2D eigenvalue weighted by Gasteiger charge is 2.45. The van der Waals surface area contributed by atoms with E-state index in [0.717, 1.165) is 0 Å². The first kappa shape index (κ1) is 8.16. The van der Waals surface area contributed by atoms with E-state index in [4.69, 9.17) is 5.11 Å². The maximum absolute atomic E-state index is 13.0. The molecule has 1 aromatic rings. The van der Waals surface area contributed by atoms with E-state index in [1.165, 1.54) is 6.20 Å². The standard InChI is InChI=1S/C9H8FNO2/c10-8-5(2-1-3-11-8)6-4-7(6)9(12)13/h1-3,6-7H,4H2,(H,12,13)/t6-,7+/m0/s1. The van der Waals surface area contributed by atoms with Crippen LogP contribution in [0.1, 0.15) is 17.9 Å². The van der Waals surface area contributed by atoms with E-state index in [0.29, 0.717) is 12.0 Å². The summed E-state index contributed by atoms with van der Waals surface area (Å²) in [6, 6.07) is 3.21. The predicted octanol–water partition coefficient (Wildman–Crippen LogP) is 1.41. The second kappa shape index (κ2) is 2.80. The van der Waals surface area contributed by atoms with E-state index in [1.807, 2.05) is 0 Å². The summed E-state index contributed by atoms with van der Waals surface area (Å²) >= 11 is 0. The third-order valence-corrected chi connectivity index (χ3v) is 2.30. The Balaban J connectivity index is 2.21. The first-order valence-electron chi connectivity index (χ1n) is 4.03. The molecule has 1 N–H and O–H groups in total. The largest absolute Gasteiger partial charge is 0.481 e. The molecule has 1 heterocycles. The molecule has 68 valence electrons. The number of rotatable bonds is 2. The molecule has 3 nitrogen and oxygen atoms in total. The Labute approximate surface area is 74.2 Å². The van der Waals surface area contributed by atoms with Gasteiger partial charge in [-0.05, 0) is 12.5 Å². The van der Waals surface area contributed by atoms with E-state index < -0.39 is 17.8 Å². The van der Waals surface area contributed by atoms with Crippen LogP contribution in [0.4, 0.5) is 4.39 Å². The normalized spacial score (nSPS) is 25.6. The van der Waals surface area contributed by atoms with Gasteiger partial charge in [-0.1, -0.05) is 6.07 Å². The van der Waals surface area contributed by atoms with Crippen LogP contribution in [0.5, 0.6) is 0 Å². The highest BCUT2D eigenvalue weighted by atomic mass is 19.1. The Morgan fingerprint density at radius 1 is 1.69 bits per heavy atom. The van der Waals surface area contributed by atoms with Gasteiger partial charge in [0.15, 0.2) is 0 Å². The van der Waals surface area contributed by atoms with Gasteiger partial charge in [0.1, 0.15) is 0 Å². The third-order valence-electron chi connectivity index (χ3n) is 2.30. The number of halogens is 1. The van der Waals surface area contributed by atoms with Gasteiger partial charge in [-0.3, -0.25) is 4.79 Å². The zero-order chi connectivity index (χ0) is 9.42. The minimum Gasteiger partial charge on any atom is -0.481 e. The van der Waals surface area contributed by atoms with Crippen molar-refractivity contribution in [1.29, 1.82) is 0 Å². The zero-order valence-electron chi connectivity index (χ0n) is 6.77. The van der Waals surface area contributed by atoms with Gasteiger partial charge in [0, 0.05) is 17.7 Å². The van der Waals surface area contributed by atoms with Gasteiger partial charge >= 0.3 is 5.97 Å². The molecule has 0 saturated heterocycles. The van der Waals surface area contributed by atoms with Crippen molar-refractivity contribution in [2.24, 2.45) is 5.92 Å². The lowest BCUT2D eigenvalue weighted by atomic mass is 10.1.